The molecule has 0 radical (unpaired) electrons. The van der Waals surface area contributed by atoms with Crippen LogP contribution in [0.1, 0.15) is 30.9 Å². The summed E-state index contributed by atoms with van der Waals surface area (Å²) in [5.41, 5.74) is 2.37. The Labute approximate surface area is 110 Å². The lowest BCUT2D eigenvalue weighted by molar-refractivity contribution is 0.166. The lowest BCUT2D eigenvalue weighted by Crippen LogP contribution is -2.27. The summed E-state index contributed by atoms with van der Waals surface area (Å²) < 4.78 is 5.80. The number of aliphatic hydroxyl groups is 1. The molecule has 0 heterocycles. The van der Waals surface area contributed by atoms with Crippen molar-refractivity contribution in [1.29, 1.82) is 0 Å². The van der Waals surface area contributed by atoms with Crippen molar-refractivity contribution in [1.82, 2.24) is 5.32 Å². The molecule has 0 aromatic heterocycles. The molecule has 1 aromatic rings. The minimum absolute atomic E-state index is 0.232. The van der Waals surface area contributed by atoms with Crippen LogP contribution >= 0.6 is 0 Å². The zero-order valence-corrected chi connectivity index (χ0v) is 11.7. The van der Waals surface area contributed by atoms with Gasteiger partial charge in [0.2, 0.25) is 0 Å². The maximum absolute atomic E-state index is 9.37. The van der Waals surface area contributed by atoms with E-state index in [4.69, 9.17) is 4.74 Å². The minimum atomic E-state index is -0.232. The van der Waals surface area contributed by atoms with Crippen LogP contribution in [0, 0.1) is 13.8 Å². The molecule has 18 heavy (non-hydrogen) atoms. The Morgan fingerprint density at radius 2 is 1.94 bits per heavy atom. The highest BCUT2D eigenvalue weighted by Gasteiger charge is 2.03. The normalized spacial score (nSPS) is 12.4. The van der Waals surface area contributed by atoms with Crippen LogP contribution in [0.2, 0.25) is 0 Å². The molecule has 1 atom stereocenters. The predicted octanol–water partition coefficient (Wildman–Crippen LogP) is 2.43. The van der Waals surface area contributed by atoms with E-state index in [-0.39, 0.29) is 6.10 Å². The van der Waals surface area contributed by atoms with E-state index in [1.807, 2.05) is 13.0 Å². The standard InChI is InChI=1S/C15H25NO2/c1-4-14(17)11-16-9-6-10-18-15-12(2)7-5-8-13(15)3/h5,7-8,14,16-17H,4,6,9-11H2,1-3H3. The topological polar surface area (TPSA) is 41.5 Å². The van der Waals surface area contributed by atoms with Crippen LogP contribution in [0.15, 0.2) is 18.2 Å². The lowest BCUT2D eigenvalue weighted by Gasteiger charge is -2.12. The predicted molar refractivity (Wildman–Crippen MR) is 75.2 cm³/mol. The Kier molecular flexibility index (Phi) is 6.76. The van der Waals surface area contributed by atoms with Crippen LogP contribution in [0.4, 0.5) is 0 Å². The number of benzene rings is 1. The van der Waals surface area contributed by atoms with Crippen molar-refractivity contribution in [2.75, 3.05) is 19.7 Å². The summed E-state index contributed by atoms with van der Waals surface area (Å²) in [5, 5.41) is 12.6. The Morgan fingerprint density at radius 3 is 2.56 bits per heavy atom. The maximum Gasteiger partial charge on any atom is 0.125 e. The first-order valence-electron chi connectivity index (χ1n) is 6.73. The molecule has 0 aliphatic rings. The van der Waals surface area contributed by atoms with Gasteiger partial charge in [-0.1, -0.05) is 25.1 Å². The molecule has 0 saturated carbocycles. The summed E-state index contributed by atoms with van der Waals surface area (Å²) >= 11 is 0. The number of ether oxygens (including phenoxy) is 1. The summed E-state index contributed by atoms with van der Waals surface area (Å²) in [7, 11) is 0. The van der Waals surface area contributed by atoms with Gasteiger partial charge in [0.25, 0.3) is 0 Å². The number of para-hydroxylation sites is 1. The fraction of sp³-hybridized carbons (Fsp3) is 0.600. The molecule has 102 valence electrons. The van der Waals surface area contributed by atoms with Crippen molar-refractivity contribution in [2.45, 2.75) is 39.7 Å². The van der Waals surface area contributed by atoms with Crippen molar-refractivity contribution >= 4 is 0 Å². The smallest absolute Gasteiger partial charge is 0.125 e. The van der Waals surface area contributed by atoms with Gasteiger partial charge < -0.3 is 15.2 Å². The Bertz CT molecular complexity index is 332. The van der Waals surface area contributed by atoms with E-state index in [9.17, 15) is 5.11 Å². The van der Waals surface area contributed by atoms with E-state index in [1.54, 1.807) is 0 Å². The number of rotatable bonds is 8. The molecule has 1 rings (SSSR count). The first-order chi connectivity index (χ1) is 8.65. The number of nitrogens with one attached hydrogen (secondary N) is 1. The average Bonchev–Trinajstić information content (AvgIpc) is 2.36. The van der Waals surface area contributed by atoms with Gasteiger partial charge in [0.15, 0.2) is 0 Å². The van der Waals surface area contributed by atoms with Gasteiger partial charge in [0.05, 0.1) is 12.7 Å². The second-order valence-electron chi connectivity index (χ2n) is 4.69. The van der Waals surface area contributed by atoms with Gasteiger partial charge in [-0.15, -0.1) is 0 Å². The van der Waals surface area contributed by atoms with E-state index in [2.05, 4.69) is 31.3 Å². The Balaban J connectivity index is 2.18. The second-order valence-corrected chi connectivity index (χ2v) is 4.69. The molecule has 2 N–H and O–H groups in total. The molecule has 1 aromatic carbocycles. The first kappa shape index (κ1) is 15.0. The van der Waals surface area contributed by atoms with E-state index in [1.165, 1.54) is 11.1 Å². The summed E-state index contributed by atoms with van der Waals surface area (Å²) in [6.45, 7) is 8.37. The van der Waals surface area contributed by atoms with Crippen LogP contribution < -0.4 is 10.1 Å². The van der Waals surface area contributed by atoms with E-state index >= 15 is 0 Å². The van der Waals surface area contributed by atoms with Crippen LogP contribution in [-0.2, 0) is 0 Å². The van der Waals surface area contributed by atoms with Crippen molar-refractivity contribution in [3.05, 3.63) is 29.3 Å². The molecule has 1 unspecified atom stereocenters. The maximum atomic E-state index is 9.37. The summed E-state index contributed by atoms with van der Waals surface area (Å²) in [5.74, 6) is 1.01. The molecule has 0 saturated heterocycles. The van der Waals surface area contributed by atoms with Crippen LogP contribution in [0.25, 0.3) is 0 Å². The summed E-state index contributed by atoms with van der Waals surface area (Å²) in [6.07, 6.45) is 1.51. The monoisotopic (exact) mass is 251 g/mol. The third-order valence-electron chi connectivity index (χ3n) is 3.00. The van der Waals surface area contributed by atoms with Gasteiger partial charge in [-0.3, -0.25) is 0 Å². The third-order valence-corrected chi connectivity index (χ3v) is 3.00. The van der Waals surface area contributed by atoms with Gasteiger partial charge in [0, 0.05) is 6.54 Å². The van der Waals surface area contributed by atoms with Gasteiger partial charge in [0.1, 0.15) is 5.75 Å². The lowest BCUT2D eigenvalue weighted by atomic mass is 10.1. The van der Waals surface area contributed by atoms with Crippen LogP contribution in [-0.4, -0.2) is 30.9 Å². The molecule has 0 aliphatic heterocycles. The molecular formula is C15H25NO2. The third kappa shape index (κ3) is 5.07. The molecule has 0 aliphatic carbocycles. The Morgan fingerprint density at radius 1 is 1.28 bits per heavy atom. The van der Waals surface area contributed by atoms with Gasteiger partial charge in [-0.2, -0.15) is 0 Å². The molecule has 0 fully saturated rings. The van der Waals surface area contributed by atoms with E-state index < -0.39 is 0 Å². The highest BCUT2D eigenvalue weighted by molar-refractivity contribution is 5.39. The fourth-order valence-electron chi connectivity index (χ4n) is 1.81. The molecule has 0 amide bonds. The SMILES string of the molecule is CCC(O)CNCCCOc1c(C)cccc1C. The largest absolute Gasteiger partial charge is 0.493 e. The van der Waals surface area contributed by atoms with E-state index in [0.29, 0.717) is 13.2 Å². The van der Waals surface area contributed by atoms with Crippen molar-refractivity contribution in [2.24, 2.45) is 0 Å². The van der Waals surface area contributed by atoms with E-state index in [0.717, 1.165) is 25.1 Å². The zero-order valence-electron chi connectivity index (χ0n) is 11.7. The van der Waals surface area contributed by atoms with Gasteiger partial charge in [-0.25, -0.2) is 0 Å². The van der Waals surface area contributed by atoms with Crippen molar-refractivity contribution < 1.29 is 9.84 Å². The molecule has 3 nitrogen and oxygen atoms in total. The molecule has 3 heteroatoms. The number of aryl methyl sites for hydroxylation is 2. The second kappa shape index (κ2) is 8.11. The molecule has 0 bridgehead atoms. The van der Waals surface area contributed by atoms with Gasteiger partial charge >= 0.3 is 0 Å². The summed E-state index contributed by atoms with van der Waals surface area (Å²) in [4.78, 5) is 0. The Hall–Kier alpha value is -1.06. The van der Waals surface area contributed by atoms with Crippen molar-refractivity contribution in [3.63, 3.8) is 0 Å². The number of aliphatic hydroxyl groups excluding tert-OH is 1. The quantitative estimate of drug-likeness (QED) is 0.697. The zero-order chi connectivity index (χ0) is 13.4. The minimum Gasteiger partial charge on any atom is -0.493 e. The van der Waals surface area contributed by atoms with Crippen molar-refractivity contribution in [3.8, 4) is 5.75 Å². The number of hydrogen-bond donors (Lipinski definition) is 2. The van der Waals surface area contributed by atoms with Crippen LogP contribution in [0.5, 0.6) is 5.75 Å². The highest BCUT2D eigenvalue weighted by atomic mass is 16.5. The first-order valence-corrected chi connectivity index (χ1v) is 6.73. The average molecular weight is 251 g/mol. The summed E-state index contributed by atoms with van der Waals surface area (Å²) in [6, 6.07) is 6.18. The number of hydrogen-bond acceptors (Lipinski definition) is 3. The molecule has 0 spiro atoms. The highest BCUT2D eigenvalue weighted by Crippen LogP contribution is 2.22. The fourth-order valence-corrected chi connectivity index (χ4v) is 1.81. The molecular weight excluding hydrogens is 226 g/mol. The van der Waals surface area contributed by atoms with Crippen LogP contribution in [0.3, 0.4) is 0 Å². The van der Waals surface area contributed by atoms with Gasteiger partial charge in [-0.05, 0) is 44.4 Å².